The number of carbonyl (C=O) groups excluding carboxylic acids is 1. The number of allylic oxidation sites excluding steroid dienone is 2. The van der Waals surface area contributed by atoms with Gasteiger partial charge in [0.15, 0.2) is 0 Å². The molecular weight excluding hydrogens is 172 g/mol. The van der Waals surface area contributed by atoms with Crippen molar-refractivity contribution >= 4 is 5.78 Å². The molecular formula is C13H20O. The van der Waals surface area contributed by atoms with E-state index < -0.39 is 0 Å². The van der Waals surface area contributed by atoms with Gasteiger partial charge in [0.05, 0.1) is 0 Å². The quantitative estimate of drug-likeness (QED) is 0.610. The van der Waals surface area contributed by atoms with E-state index in [1.54, 1.807) is 11.1 Å². The molecule has 0 bridgehead atoms. The van der Waals surface area contributed by atoms with Gasteiger partial charge in [-0.05, 0) is 37.5 Å². The van der Waals surface area contributed by atoms with Crippen LogP contribution in [-0.4, -0.2) is 5.78 Å². The predicted octanol–water partition coefficient (Wildman–Crippen LogP) is 3.64. The molecule has 0 N–H and O–H groups in total. The number of hydrogen-bond donors (Lipinski definition) is 0. The van der Waals surface area contributed by atoms with Crippen LogP contribution in [0.2, 0.25) is 0 Å². The third-order valence-electron chi connectivity index (χ3n) is 4.17. The van der Waals surface area contributed by atoms with Crippen LogP contribution in [0, 0.1) is 5.41 Å². The Morgan fingerprint density at radius 3 is 2.36 bits per heavy atom. The molecule has 1 fully saturated rings. The first kappa shape index (κ1) is 9.95. The summed E-state index contributed by atoms with van der Waals surface area (Å²) in [5.74, 6) is 0.494. The number of hydrogen-bond acceptors (Lipinski definition) is 1. The zero-order valence-corrected chi connectivity index (χ0v) is 9.36. The van der Waals surface area contributed by atoms with Crippen LogP contribution in [-0.2, 0) is 4.79 Å². The Labute approximate surface area is 86.6 Å². The molecule has 1 atom stereocenters. The maximum absolute atomic E-state index is 11.4. The zero-order valence-electron chi connectivity index (χ0n) is 9.36. The van der Waals surface area contributed by atoms with Crippen molar-refractivity contribution in [2.45, 2.75) is 58.8 Å². The number of carbonyl (C=O) groups is 1. The van der Waals surface area contributed by atoms with Crippen molar-refractivity contribution in [1.29, 1.82) is 0 Å². The highest BCUT2D eigenvalue weighted by Crippen LogP contribution is 2.54. The van der Waals surface area contributed by atoms with Crippen LogP contribution < -0.4 is 0 Å². The minimum Gasteiger partial charge on any atom is -0.300 e. The molecule has 2 aliphatic carbocycles. The molecule has 2 rings (SSSR count). The van der Waals surface area contributed by atoms with Crippen LogP contribution in [0.1, 0.15) is 58.8 Å². The van der Waals surface area contributed by atoms with Crippen molar-refractivity contribution < 1.29 is 4.79 Å². The van der Waals surface area contributed by atoms with Gasteiger partial charge in [0.2, 0.25) is 0 Å². The van der Waals surface area contributed by atoms with Crippen LogP contribution in [0.25, 0.3) is 0 Å². The van der Waals surface area contributed by atoms with Gasteiger partial charge < -0.3 is 0 Å². The molecule has 78 valence electrons. The van der Waals surface area contributed by atoms with E-state index in [-0.39, 0.29) is 0 Å². The highest BCUT2D eigenvalue weighted by atomic mass is 16.1. The van der Waals surface area contributed by atoms with E-state index in [9.17, 15) is 4.79 Å². The van der Waals surface area contributed by atoms with Crippen LogP contribution in [0.4, 0.5) is 0 Å². The maximum Gasteiger partial charge on any atom is 0.133 e. The highest BCUT2D eigenvalue weighted by molar-refractivity contribution is 5.82. The molecule has 14 heavy (non-hydrogen) atoms. The van der Waals surface area contributed by atoms with Gasteiger partial charge in [0, 0.05) is 12.8 Å². The van der Waals surface area contributed by atoms with Crippen molar-refractivity contribution in [1.82, 2.24) is 0 Å². The molecule has 0 saturated heterocycles. The summed E-state index contributed by atoms with van der Waals surface area (Å²) in [4.78, 5) is 11.4. The maximum atomic E-state index is 11.4. The molecule has 0 aromatic heterocycles. The summed E-state index contributed by atoms with van der Waals surface area (Å²) >= 11 is 0. The van der Waals surface area contributed by atoms with Crippen LogP contribution in [0.5, 0.6) is 0 Å². The van der Waals surface area contributed by atoms with Crippen molar-refractivity contribution in [2.24, 2.45) is 5.41 Å². The van der Waals surface area contributed by atoms with Gasteiger partial charge in [-0.1, -0.05) is 25.0 Å². The van der Waals surface area contributed by atoms with E-state index in [0.717, 1.165) is 25.7 Å². The van der Waals surface area contributed by atoms with Crippen molar-refractivity contribution in [2.75, 3.05) is 0 Å². The van der Waals surface area contributed by atoms with Gasteiger partial charge in [0.1, 0.15) is 5.78 Å². The smallest absolute Gasteiger partial charge is 0.133 e. The van der Waals surface area contributed by atoms with Gasteiger partial charge >= 0.3 is 0 Å². The molecule has 0 amide bonds. The molecule has 1 nitrogen and oxygen atoms in total. The van der Waals surface area contributed by atoms with Gasteiger partial charge in [0.25, 0.3) is 0 Å². The first-order chi connectivity index (χ1) is 6.72. The topological polar surface area (TPSA) is 17.1 Å². The fraction of sp³-hybridized carbons (Fsp3) is 0.769. The van der Waals surface area contributed by atoms with Gasteiger partial charge in [-0.2, -0.15) is 0 Å². The highest BCUT2D eigenvalue weighted by Gasteiger charge is 2.44. The molecule has 0 aliphatic heterocycles. The second-order valence-corrected chi connectivity index (χ2v) is 4.78. The Balaban J connectivity index is 2.30. The largest absolute Gasteiger partial charge is 0.300 e. The predicted molar refractivity (Wildman–Crippen MR) is 58.1 cm³/mol. The van der Waals surface area contributed by atoms with Crippen molar-refractivity contribution in [3.05, 3.63) is 11.1 Å². The van der Waals surface area contributed by atoms with Gasteiger partial charge in [-0.3, -0.25) is 4.79 Å². The monoisotopic (exact) mass is 192 g/mol. The molecule has 0 heterocycles. The van der Waals surface area contributed by atoms with E-state index in [4.69, 9.17) is 0 Å². The summed E-state index contributed by atoms with van der Waals surface area (Å²) in [5.41, 5.74) is 3.63. The molecule has 0 aromatic carbocycles. The van der Waals surface area contributed by atoms with Crippen LogP contribution >= 0.6 is 0 Å². The third-order valence-corrected chi connectivity index (χ3v) is 4.17. The minimum atomic E-state index is 0.331. The van der Waals surface area contributed by atoms with Crippen LogP contribution in [0.3, 0.4) is 0 Å². The Kier molecular flexibility index (Phi) is 2.50. The van der Waals surface area contributed by atoms with Crippen molar-refractivity contribution in [3.63, 3.8) is 0 Å². The normalized spacial score (nSPS) is 32.3. The number of rotatable bonds is 2. The molecule has 2 aliphatic rings. The van der Waals surface area contributed by atoms with E-state index in [1.165, 1.54) is 19.3 Å². The fourth-order valence-corrected chi connectivity index (χ4v) is 3.49. The first-order valence-corrected chi connectivity index (χ1v) is 5.95. The molecule has 1 saturated carbocycles. The lowest BCUT2D eigenvalue weighted by molar-refractivity contribution is -0.117. The Bertz CT molecular complexity index is 288. The summed E-state index contributed by atoms with van der Waals surface area (Å²) in [6.45, 7) is 4.50. The average molecular weight is 192 g/mol. The second kappa shape index (κ2) is 3.52. The average Bonchev–Trinajstić information content (AvgIpc) is 2.71. The van der Waals surface area contributed by atoms with E-state index in [2.05, 4.69) is 13.8 Å². The van der Waals surface area contributed by atoms with Crippen LogP contribution in [0.15, 0.2) is 11.1 Å². The number of Topliss-reactive ketones (excluding diaryl/α,β-unsaturated/α-hetero) is 1. The standard InChI is InChI=1S/C13H20O/c1-3-10-5-7-13(12(10)4-2)8-6-11(14)9-13/h3-9H2,1-2H3. The third kappa shape index (κ3) is 1.34. The van der Waals surface area contributed by atoms with E-state index >= 15 is 0 Å². The van der Waals surface area contributed by atoms with E-state index in [0.29, 0.717) is 11.2 Å². The zero-order chi connectivity index (χ0) is 10.2. The van der Waals surface area contributed by atoms with Gasteiger partial charge in [-0.25, -0.2) is 0 Å². The minimum absolute atomic E-state index is 0.331. The Morgan fingerprint density at radius 1 is 1.14 bits per heavy atom. The molecule has 1 heteroatoms. The summed E-state index contributed by atoms with van der Waals surface area (Å²) in [6.07, 6.45) is 7.69. The Hall–Kier alpha value is -0.590. The first-order valence-electron chi connectivity index (χ1n) is 5.95. The summed E-state index contributed by atoms with van der Waals surface area (Å²) < 4.78 is 0. The summed E-state index contributed by atoms with van der Waals surface area (Å²) in [6, 6.07) is 0. The molecule has 1 unspecified atom stereocenters. The summed E-state index contributed by atoms with van der Waals surface area (Å²) in [5, 5.41) is 0. The molecule has 0 radical (unpaired) electrons. The molecule has 0 aromatic rings. The van der Waals surface area contributed by atoms with Crippen molar-refractivity contribution in [3.8, 4) is 0 Å². The molecule has 1 spiro atoms. The fourth-order valence-electron chi connectivity index (χ4n) is 3.49. The Morgan fingerprint density at radius 2 is 1.86 bits per heavy atom. The SMILES string of the molecule is CCC1=C(CC)C2(CCC(=O)C2)CC1. The summed E-state index contributed by atoms with van der Waals surface area (Å²) in [7, 11) is 0. The second-order valence-electron chi connectivity index (χ2n) is 4.78. The number of ketones is 1. The lowest BCUT2D eigenvalue weighted by Crippen LogP contribution is -2.16. The van der Waals surface area contributed by atoms with Gasteiger partial charge in [-0.15, -0.1) is 0 Å². The van der Waals surface area contributed by atoms with E-state index in [1.807, 2.05) is 0 Å². The lowest BCUT2D eigenvalue weighted by Gasteiger charge is -2.26. The lowest BCUT2D eigenvalue weighted by atomic mass is 9.78.